The molecule has 2 atom stereocenters. The summed E-state index contributed by atoms with van der Waals surface area (Å²) in [6.45, 7) is 4.73. The fourth-order valence-electron chi connectivity index (χ4n) is 2.23. The number of hydrogen-bond acceptors (Lipinski definition) is 4. The van der Waals surface area contributed by atoms with E-state index in [0.717, 1.165) is 12.3 Å². The molecule has 5 heteroatoms. The van der Waals surface area contributed by atoms with Gasteiger partial charge in [-0.25, -0.2) is 5.84 Å². The quantitative estimate of drug-likeness (QED) is 0.453. The lowest BCUT2D eigenvalue weighted by atomic mass is 10.0. The molecule has 1 aliphatic carbocycles. The molecule has 1 fully saturated rings. The second-order valence-electron chi connectivity index (χ2n) is 5.02. The number of nitrogens with one attached hydrogen (secondary N) is 1. The van der Waals surface area contributed by atoms with Crippen molar-refractivity contribution in [3.63, 3.8) is 0 Å². The first kappa shape index (κ1) is 13.1. The van der Waals surface area contributed by atoms with Crippen molar-refractivity contribution in [2.45, 2.75) is 45.3 Å². The minimum atomic E-state index is -0.134. The highest BCUT2D eigenvalue weighted by Gasteiger charge is 2.36. The third-order valence-corrected chi connectivity index (χ3v) is 3.74. The number of furan rings is 1. The van der Waals surface area contributed by atoms with E-state index in [2.05, 4.69) is 17.2 Å². The third-order valence-electron chi connectivity index (χ3n) is 3.74. The molecule has 2 rings (SSSR count). The van der Waals surface area contributed by atoms with Crippen molar-refractivity contribution in [2.75, 3.05) is 0 Å². The average Bonchev–Trinajstić information content (AvgIpc) is 3.10. The highest BCUT2D eigenvalue weighted by molar-refractivity contribution is 5.78. The Bertz CT molecular complexity index is 387. The molecule has 18 heavy (non-hydrogen) atoms. The summed E-state index contributed by atoms with van der Waals surface area (Å²) in [6.07, 6.45) is 4.07. The van der Waals surface area contributed by atoms with Crippen molar-refractivity contribution in [3.8, 4) is 0 Å². The predicted octanol–water partition coefficient (Wildman–Crippen LogP) is 1.26. The number of carbonyl (C=O) groups excluding carboxylic acids is 1. The SMILES string of the molecule is CC(C(=O)NN)C(C)N(Cc1ccco1)C1CC1. The van der Waals surface area contributed by atoms with Gasteiger partial charge in [-0.2, -0.15) is 0 Å². The maximum absolute atomic E-state index is 11.6. The molecule has 1 saturated carbocycles. The summed E-state index contributed by atoms with van der Waals surface area (Å²) in [5.41, 5.74) is 2.23. The first-order valence-electron chi connectivity index (χ1n) is 6.42. The van der Waals surface area contributed by atoms with E-state index in [-0.39, 0.29) is 17.9 Å². The van der Waals surface area contributed by atoms with Crippen LogP contribution in [0.3, 0.4) is 0 Å². The van der Waals surface area contributed by atoms with Gasteiger partial charge in [0.15, 0.2) is 0 Å². The van der Waals surface area contributed by atoms with Crippen LogP contribution in [0.25, 0.3) is 0 Å². The molecule has 0 bridgehead atoms. The molecule has 1 amide bonds. The van der Waals surface area contributed by atoms with Crippen LogP contribution in [0, 0.1) is 5.92 Å². The molecule has 3 N–H and O–H groups in total. The minimum absolute atomic E-state index is 0.118. The van der Waals surface area contributed by atoms with Crippen LogP contribution in [0.2, 0.25) is 0 Å². The molecular weight excluding hydrogens is 230 g/mol. The van der Waals surface area contributed by atoms with Crippen LogP contribution in [0.4, 0.5) is 0 Å². The van der Waals surface area contributed by atoms with Crippen molar-refractivity contribution in [2.24, 2.45) is 11.8 Å². The van der Waals surface area contributed by atoms with Crippen molar-refractivity contribution in [3.05, 3.63) is 24.2 Å². The van der Waals surface area contributed by atoms with Gasteiger partial charge in [0, 0.05) is 12.1 Å². The number of nitrogens with two attached hydrogens (primary N) is 1. The molecule has 1 heterocycles. The first-order chi connectivity index (χ1) is 8.63. The van der Waals surface area contributed by atoms with E-state index in [4.69, 9.17) is 10.3 Å². The van der Waals surface area contributed by atoms with Crippen molar-refractivity contribution in [1.29, 1.82) is 0 Å². The van der Waals surface area contributed by atoms with Gasteiger partial charge in [0.05, 0.1) is 18.7 Å². The molecule has 0 radical (unpaired) electrons. The second kappa shape index (κ2) is 5.54. The zero-order valence-corrected chi connectivity index (χ0v) is 10.9. The van der Waals surface area contributed by atoms with Crippen LogP contribution in [0.15, 0.2) is 22.8 Å². The Kier molecular flexibility index (Phi) is 4.04. The van der Waals surface area contributed by atoms with E-state index in [1.54, 1.807) is 6.26 Å². The fraction of sp³-hybridized carbons (Fsp3) is 0.615. The Labute approximate surface area is 107 Å². The normalized spacial score (nSPS) is 18.7. The van der Waals surface area contributed by atoms with Gasteiger partial charge in [-0.15, -0.1) is 0 Å². The molecular formula is C13H21N3O2. The molecule has 0 aromatic carbocycles. The average molecular weight is 251 g/mol. The van der Waals surface area contributed by atoms with Gasteiger partial charge < -0.3 is 4.42 Å². The fourth-order valence-corrected chi connectivity index (χ4v) is 2.23. The lowest BCUT2D eigenvalue weighted by molar-refractivity contribution is -0.126. The van der Waals surface area contributed by atoms with Crippen molar-refractivity contribution in [1.82, 2.24) is 10.3 Å². The van der Waals surface area contributed by atoms with E-state index >= 15 is 0 Å². The summed E-state index contributed by atoms with van der Waals surface area (Å²) in [5, 5.41) is 0. The molecule has 1 aromatic heterocycles. The smallest absolute Gasteiger partial charge is 0.238 e. The van der Waals surface area contributed by atoms with Gasteiger partial charge in [0.1, 0.15) is 5.76 Å². The zero-order chi connectivity index (χ0) is 13.1. The van der Waals surface area contributed by atoms with Gasteiger partial charge in [0.2, 0.25) is 5.91 Å². The number of carbonyl (C=O) groups is 1. The third kappa shape index (κ3) is 2.91. The number of nitrogens with zero attached hydrogens (tertiary/aromatic N) is 1. The maximum atomic E-state index is 11.6. The molecule has 5 nitrogen and oxygen atoms in total. The standard InChI is InChI=1S/C13H21N3O2/c1-9(13(17)15-14)10(2)16(11-5-6-11)8-12-4-3-7-18-12/h3-4,7,9-11H,5-6,8,14H2,1-2H3,(H,15,17). The summed E-state index contributed by atoms with van der Waals surface area (Å²) in [6, 6.07) is 4.57. The lowest BCUT2D eigenvalue weighted by Crippen LogP contribution is -2.46. The van der Waals surface area contributed by atoms with Crippen LogP contribution in [0.5, 0.6) is 0 Å². The monoisotopic (exact) mass is 251 g/mol. The number of amides is 1. The van der Waals surface area contributed by atoms with Gasteiger partial charge in [-0.3, -0.25) is 15.1 Å². The maximum Gasteiger partial charge on any atom is 0.238 e. The summed E-state index contributed by atoms with van der Waals surface area (Å²) < 4.78 is 5.39. The molecule has 1 aliphatic rings. The van der Waals surface area contributed by atoms with Crippen molar-refractivity contribution < 1.29 is 9.21 Å². The molecule has 2 unspecified atom stereocenters. The van der Waals surface area contributed by atoms with E-state index in [1.165, 1.54) is 12.8 Å². The summed E-state index contributed by atoms with van der Waals surface area (Å²) >= 11 is 0. The zero-order valence-electron chi connectivity index (χ0n) is 10.9. The molecule has 100 valence electrons. The molecule has 0 aliphatic heterocycles. The number of rotatable bonds is 6. The summed E-state index contributed by atoms with van der Waals surface area (Å²) in [7, 11) is 0. The molecule has 1 aromatic rings. The Morgan fingerprint density at radius 1 is 1.61 bits per heavy atom. The Hall–Kier alpha value is -1.33. The van der Waals surface area contributed by atoms with Gasteiger partial charge in [0.25, 0.3) is 0 Å². The highest BCUT2D eigenvalue weighted by Crippen LogP contribution is 2.32. The van der Waals surface area contributed by atoms with E-state index in [9.17, 15) is 4.79 Å². The van der Waals surface area contributed by atoms with Crippen LogP contribution >= 0.6 is 0 Å². The highest BCUT2D eigenvalue weighted by atomic mass is 16.3. The van der Waals surface area contributed by atoms with Crippen LogP contribution in [0.1, 0.15) is 32.4 Å². The van der Waals surface area contributed by atoms with E-state index in [0.29, 0.717) is 6.04 Å². The lowest BCUT2D eigenvalue weighted by Gasteiger charge is -2.31. The number of hydrazine groups is 1. The predicted molar refractivity (Wildman–Crippen MR) is 68.2 cm³/mol. The Balaban J connectivity index is 2.03. The van der Waals surface area contributed by atoms with Crippen molar-refractivity contribution >= 4 is 5.91 Å². The molecule has 0 saturated heterocycles. The number of hydrogen-bond donors (Lipinski definition) is 2. The summed E-state index contributed by atoms with van der Waals surface area (Å²) in [5.74, 6) is 5.89. The van der Waals surface area contributed by atoms with Gasteiger partial charge >= 0.3 is 0 Å². The topological polar surface area (TPSA) is 71.5 Å². The van der Waals surface area contributed by atoms with Gasteiger partial charge in [-0.05, 0) is 31.9 Å². The largest absolute Gasteiger partial charge is 0.468 e. The van der Waals surface area contributed by atoms with Crippen LogP contribution < -0.4 is 11.3 Å². The Morgan fingerprint density at radius 3 is 2.83 bits per heavy atom. The second-order valence-corrected chi connectivity index (χ2v) is 5.02. The summed E-state index contributed by atoms with van der Waals surface area (Å²) in [4.78, 5) is 13.9. The van der Waals surface area contributed by atoms with Crippen LogP contribution in [-0.2, 0) is 11.3 Å². The van der Waals surface area contributed by atoms with Gasteiger partial charge in [-0.1, -0.05) is 6.92 Å². The Morgan fingerprint density at radius 2 is 2.33 bits per heavy atom. The molecule has 0 spiro atoms. The van der Waals surface area contributed by atoms with E-state index < -0.39 is 0 Å². The minimum Gasteiger partial charge on any atom is -0.468 e. The van der Waals surface area contributed by atoms with Crippen LogP contribution in [-0.4, -0.2) is 22.9 Å². The van der Waals surface area contributed by atoms with E-state index in [1.807, 2.05) is 19.1 Å². The first-order valence-corrected chi connectivity index (χ1v) is 6.42.